The number of ether oxygens (including phenoxy) is 1. The van der Waals surface area contributed by atoms with Crippen LogP contribution in [0.25, 0.3) is 5.69 Å². The Balaban J connectivity index is 0.00000288. The van der Waals surface area contributed by atoms with Gasteiger partial charge >= 0.3 is 35.5 Å². The number of aromatic carboxylic acids is 1. The van der Waals surface area contributed by atoms with Gasteiger partial charge in [0.25, 0.3) is 0 Å². The SMILES string of the molecule is CCc1c(C(=O)OC)c(=O)c(C(=O)[O-])nn1-c1ccccc1Cl.[Na+]. The third-order valence-electron chi connectivity index (χ3n) is 3.18. The molecule has 0 spiro atoms. The summed E-state index contributed by atoms with van der Waals surface area (Å²) in [4.78, 5) is 35.4. The van der Waals surface area contributed by atoms with Gasteiger partial charge in [0.1, 0.15) is 5.56 Å². The molecule has 1 aromatic heterocycles. The first-order valence-corrected chi connectivity index (χ1v) is 7.00. The molecule has 0 aliphatic heterocycles. The molecule has 0 saturated carbocycles. The van der Waals surface area contributed by atoms with Crippen LogP contribution in [-0.2, 0) is 11.2 Å². The molecule has 0 aliphatic carbocycles. The molecule has 0 fully saturated rings. The number of rotatable bonds is 4. The molecule has 0 radical (unpaired) electrons. The second-order valence-electron chi connectivity index (χ2n) is 4.50. The van der Waals surface area contributed by atoms with Crippen LogP contribution in [0, 0.1) is 0 Å². The number of carbonyl (C=O) groups excluding carboxylic acids is 2. The van der Waals surface area contributed by atoms with Crippen molar-refractivity contribution >= 4 is 23.5 Å². The van der Waals surface area contributed by atoms with Crippen LogP contribution in [0.4, 0.5) is 0 Å². The summed E-state index contributed by atoms with van der Waals surface area (Å²) < 4.78 is 5.74. The molecule has 2 aromatic rings. The number of hydrogen-bond donors (Lipinski definition) is 0. The van der Waals surface area contributed by atoms with Crippen molar-refractivity contribution in [3.63, 3.8) is 0 Å². The maximum Gasteiger partial charge on any atom is 1.00 e. The van der Waals surface area contributed by atoms with Crippen molar-refractivity contribution in [3.05, 3.63) is 56.5 Å². The van der Waals surface area contributed by atoms with Crippen LogP contribution in [0.15, 0.2) is 29.1 Å². The number of esters is 1. The number of carbonyl (C=O) groups is 2. The van der Waals surface area contributed by atoms with Crippen LogP contribution in [0.1, 0.15) is 33.5 Å². The minimum Gasteiger partial charge on any atom is -0.543 e. The number of carboxylic acids is 1. The average molecular weight is 359 g/mol. The Morgan fingerprint density at radius 1 is 1.33 bits per heavy atom. The van der Waals surface area contributed by atoms with E-state index in [1.54, 1.807) is 31.2 Å². The van der Waals surface area contributed by atoms with E-state index in [0.29, 0.717) is 5.69 Å². The zero-order chi connectivity index (χ0) is 17.1. The first-order chi connectivity index (χ1) is 10.9. The number of halogens is 1. The normalized spacial score (nSPS) is 9.96. The molecule has 0 saturated heterocycles. The van der Waals surface area contributed by atoms with E-state index in [0.717, 1.165) is 11.8 Å². The number of benzene rings is 1. The van der Waals surface area contributed by atoms with Crippen molar-refractivity contribution in [1.29, 1.82) is 0 Å². The summed E-state index contributed by atoms with van der Waals surface area (Å²) in [6, 6.07) is 6.50. The summed E-state index contributed by atoms with van der Waals surface area (Å²) in [5, 5.41) is 15.3. The molecule has 0 unspecified atom stereocenters. The zero-order valence-corrected chi connectivity index (χ0v) is 16.1. The van der Waals surface area contributed by atoms with Gasteiger partial charge in [0, 0.05) is 0 Å². The molecule has 1 heterocycles. The molecule has 0 bridgehead atoms. The van der Waals surface area contributed by atoms with E-state index in [1.165, 1.54) is 0 Å². The quantitative estimate of drug-likeness (QED) is 0.446. The van der Waals surface area contributed by atoms with Crippen molar-refractivity contribution in [2.24, 2.45) is 0 Å². The van der Waals surface area contributed by atoms with Crippen molar-refractivity contribution in [2.75, 3.05) is 7.11 Å². The molecule has 7 nitrogen and oxygen atoms in total. The average Bonchev–Trinajstić information content (AvgIpc) is 2.54. The largest absolute Gasteiger partial charge is 1.00 e. The molecule has 1 aromatic carbocycles. The van der Waals surface area contributed by atoms with Crippen LogP contribution in [-0.4, -0.2) is 28.8 Å². The molecule has 0 N–H and O–H groups in total. The third-order valence-corrected chi connectivity index (χ3v) is 3.50. The van der Waals surface area contributed by atoms with Gasteiger partial charge in [0.05, 0.1) is 29.5 Å². The number of nitrogens with zero attached hydrogens (tertiary/aromatic N) is 2. The van der Waals surface area contributed by atoms with Gasteiger partial charge < -0.3 is 14.6 Å². The molecule has 120 valence electrons. The number of para-hydroxylation sites is 1. The Bertz CT molecular complexity index is 850. The van der Waals surface area contributed by atoms with E-state index >= 15 is 0 Å². The van der Waals surface area contributed by atoms with E-state index in [9.17, 15) is 19.5 Å². The van der Waals surface area contributed by atoms with E-state index in [2.05, 4.69) is 9.84 Å². The van der Waals surface area contributed by atoms with E-state index in [4.69, 9.17) is 11.6 Å². The molecular formula is C15H12ClN2NaO5. The molecule has 9 heteroatoms. The van der Waals surface area contributed by atoms with Gasteiger partial charge in [-0.3, -0.25) is 4.79 Å². The van der Waals surface area contributed by atoms with Crippen LogP contribution in [0.2, 0.25) is 5.02 Å². The fourth-order valence-electron chi connectivity index (χ4n) is 2.16. The minimum atomic E-state index is -1.79. The fourth-order valence-corrected chi connectivity index (χ4v) is 2.37. The van der Waals surface area contributed by atoms with Crippen molar-refractivity contribution in [1.82, 2.24) is 9.78 Å². The summed E-state index contributed by atoms with van der Waals surface area (Å²) in [5.41, 5.74) is -1.80. The minimum absolute atomic E-state index is 0. The molecular weight excluding hydrogens is 347 g/mol. The second-order valence-corrected chi connectivity index (χ2v) is 4.90. The standard InChI is InChI=1S/C15H13ClN2O5.Na/c1-3-9-11(15(22)23-2)13(19)12(14(20)21)17-18(9)10-7-5-4-6-8(10)16;/h4-7H,3H2,1-2H3,(H,20,21);/q;+1/p-1. The van der Waals surface area contributed by atoms with Crippen LogP contribution in [0.5, 0.6) is 0 Å². The summed E-state index contributed by atoms with van der Waals surface area (Å²) >= 11 is 6.11. The Morgan fingerprint density at radius 3 is 2.46 bits per heavy atom. The molecule has 0 atom stereocenters. The summed E-state index contributed by atoms with van der Waals surface area (Å²) in [5.74, 6) is -2.74. The van der Waals surface area contributed by atoms with Crippen molar-refractivity contribution in [3.8, 4) is 5.69 Å². The summed E-state index contributed by atoms with van der Waals surface area (Å²) in [6.45, 7) is 1.69. The maximum absolute atomic E-state index is 12.2. The van der Waals surface area contributed by atoms with Gasteiger partial charge in [-0.2, -0.15) is 5.10 Å². The van der Waals surface area contributed by atoms with E-state index in [1.807, 2.05) is 0 Å². The van der Waals surface area contributed by atoms with Gasteiger partial charge in [-0.15, -0.1) is 0 Å². The Morgan fingerprint density at radius 2 is 1.96 bits per heavy atom. The predicted octanol–water partition coefficient (Wildman–Crippen LogP) is -2.40. The van der Waals surface area contributed by atoms with Gasteiger partial charge in [0.2, 0.25) is 5.43 Å². The summed E-state index contributed by atoms with van der Waals surface area (Å²) in [7, 11) is 1.10. The Labute approximate surface area is 164 Å². The summed E-state index contributed by atoms with van der Waals surface area (Å²) in [6.07, 6.45) is 0.227. The number of methoxy groups -OCH3 is 1. The van der Waals surface area contributed by atoms with Crippen LogP contribution in [0.3, 0.4) is 0 Å². The van der Waals surface area contributed by atoms with Gasteiger partial charge in [0.15, 0.2) is 5.69 Å². The topological polar surface area (TPSA) is 101 Å². The molecule has 24 heavy (non-hydrogen) atoms. The first kappa shape index (κ1) is 20.4. The van der Waals surface area contributed by atoms with E-state index < -0.39 is 28.6 Å². The number of hydrogen-bond acceptors (Lipinski definition) is 6. The van der Waals surface area contributed by atoms with Crippen LogP contribution < -0.4 is 40.1 Å². The molecule has 0 aliphatic rings. The van der Waals surface area contributed by atoms with Gasteiger partial charge in [-0.1, -0.05) is 30.7 Å². The van der Waals surface area contributed by atoms with Gasteiger partial charge in [-0.05, 0) is 18.6 Å². The number of aromatic nitrogens is 2. The molecule has 0 amide bonds. The smallest absolute Gasteiger partial charge is 0.543 e. The molecule has 2 rings (SSSR count). The Hall–Kier alpha value is -1.67. The van der Waals surface area contributed by atoms with E-state index in [-0.39, 0.29) is 46.7 Å². The third kappa shape index (κ3) is 3.70. The van der Waals surface area contributed by atoms with Crippen LogP contribution >= 0.6 is 11.6 Å². The second kappa shape index (κ2) is 8.43. The Kier molecular flexibility index (Phi) is 7.16. The number of carboxylic acid groups (broad SMARTS) is 1. The monoisotopic (exact) mass is 358 g/mol. The first-order valence-electron chi connectivity index (χ1n) is 6.63. The van der Waals surface area contributed by atoms with Crippen molar-refractivity contribution < 1.29 is 49.0 Å². The zero-order valence-electron chi connectivity index (χ0n) is 13.3. The van der Waals surface area contributed by atoms with Crippen molar-refractivity contribution in [2.45, 2.75) is 13.3 Å². The van der Waals surface area contributed by atoms with Gasteiger partial charge in [-0.25, -0.2) is 9.48 Å². The maximum atomic E-state index is 12.2. The fraction of sp³-hybridized carbons (Fsp3) is 0.200. The predicted molar refractivity (Wildman–Crippen MR) is 79.9 cm³/mol.